The highest BCUT2D eigenvalue weighted by molar-refractivity contribution is 7.91. The molecule has 0 amide bonds. The van der Waals surface area contributed by atoms with E-state index in [1.165, 1.54) is 18.2 Å². The summed E-state index contributed by atoms with van der Waals surface area (Å²) in [5.41, 5.74) is 0.231. The minimum atomic E-state index is -4.62. The van der Waals surface area contributed by atoms with Gasteiger partial charge in [-0.2, -0.15) is 8.78 Å². The molecule has 18 heavy (non-hydrogen) atoms. The van der Waals surface area contributed by atoms with Gasteiger partial charge in [0, 0.05) is 13.1 Å². The first kappa shape index (κ1) is 13.2. The van der Waals surface area contributed by atoms with Crippen molar-refractivity contribution in [2.24, 2.45) is 0 Å². The summed E-state index contributed by atoms with van der Waals surface area (Å²) in [4.78, 5) is 1.23. The summed E-state index contributed by atoms with van der Waals surface area (Å²) in [6.07, 6.45) is -0.0458. The molecule has 0 unspecified atom stereocenters. The van der Waals surface area contributed by atoms with Crippen LogP contribution in [-0.2, 0) is 9.84 Å². The molecule has 1 aromatic carbocycles. The Hall–Kier alpha value is -1.21. The second kappa shape index (κ2) is 4.81. The van der Waals surface area contributed by atoms with Gasteiger partial charge in [-0.25, -0.2) is 8.42 Å². The second-order valence-corrected chi connectivity index (χ2v) is 6.05. The fourth-order valence-corrected chi connectivity index (χ4v) is 2.96. The van der Waals surface area contributed by atoms with E-state index in [-0.39, 0.29) is 17.1 Å². The van der Waals surface area contributed by atoms with E-state index in [4.69, 9.17) is 0 Å². The fourth-order valence-electron chi connectivity index (χ4n) is 2.02. The molecule has 7 heteroatoms. The van der Waals surface area contributed by atoms with Crippen molar-refractivity contribution >= 4 is 15.5 Å². The average Bonchev–Trinajstić information content (AvgIpc) is 2.75. The summed E-state index contributed by atoms with van der Waals surface area (Å²) in [6, 6.07) is 5.64. The number of rotatable bonds is 3. The van der Waals surface area contributed by atoms with E-state index >= 15 is 0 Å². The van der Waals surface area contributed by atoms with Crippen LogP contribution in [0.3, 0.4) is 0 Å². The lowest BCUT2D eigenvalue weighted by Gasteiger charge is -2.21. The van der Waals surface area contributed by atoms with Gasteiger partial charge in [-0.1, -0.05) is 12.1 Å². The van der Waals surface area contributed by atoms with Crippen LogP contribution in [0.5, 0.6) is 0 Å². The van der Waals surface area contributed by atoms with Crippen LogP contribution in [0.1, 0.15) is 6.42 Å². The maximum Gasteiger partial charge on any atom is 0.341 e. The lowest BCUT2D eigenvalue weighted by molar-refractivity contribution is 0.198. The van der Waals surface area contributed by atoms with Gasteiger partial charge in [-0.15, -0.1) is 0 Å². The lowest BCUT2D eigenvalue weighted by Crippen LogP contribution is -2.24. The number of halogens is 2. The molecule has 0 radical (unpaired) electrons. The number of para-hydroxylation sites is 1. The molecule has 0 saturated carbocycles. The third-order valence-corrected chi connectivity index (χ3v) is 4.34. The van der Waals surface area contributed by atoms with Crippen molar-refractivity contribution in [3.05, 3.63) is 24.3 Å². The first-order valence-electron chi connectivity index (χ1n) is 5.47. The van der Waals surface area contributed by atoms with E-state index in [1.54, 1.807) is 11.0 Å². The topological polar surface area (TPSA) is 57.6 Å². The number of aliphatic hydroxyl groups is 1. The Balaban J connectivity index is 2.44. The smallest absolute Gasteiger partial charge is 0.341 e. The zero-order valence-corrected chi connectivity index (χ0v) is 10.3. The van der Waals surface area contributed by atoms with E-state index in [0.29, 0.717) is 13.0 Å². The molecule has 0 spiro atoms. The normalized spacial score (nSPS) is 20.7. The van der Waals surface area contributed by atoms with Crippen molar-refractivity contribution in [1.29, 1.82) is 0 Å². The monoisotopic (exact) mass is 277 g/mol. The maximum atomic E-state index is 12.6. The van der Waals surface area contributed by atoms with E-state index < -0.39 is 21.7 Å². The molecule has 1 heterocycles. The van der Waals surface area contributed by atoms with E-state index in [9.17, 15) is 22.3 Å². The van der Waals surface area contributed by atoms with Crippen LogP contribution in [0.25, 0.3) is 0 Å². The van der Waals surface area contributed by atoms with Crippen molar-refractivity contribution < 1.29 is 22.3 Å². The van der Waals surface area contributed by atoms with Crippen LogP contribution in [0.4, 0.5) is 14.5 Å². The van der Waals surface area contributed by atoms with E-state index in [0.717, 1.165) is 0 Å². The number of benzene rings is 1. The zero-order chi connectivity index (χ0) is 13.3. The molecular formula is C11H13F2NO3S. The summed E-state index contributed by atoms with van der Waals surface area (Å²) in [5, 5.41) is 9.42. The van der Waals surface area contributed by atoms with Gasteiger partial charge in [0.15, 0.2) is 0 Å². The number of hydrogen-bond acceptors (Lipinski definition) is 4. The fraction of sp³-hybridized carbons (Fsp3) is 0.455. The Bertz CT molecular complexity index is 533. The van der Waals surface area contributed by atoms with Crippen molar-refractivity contribution in [3.63, 3.8) is 0 Å². The second-order valence-electron chi connectivity index (χ2n) is 4.16. The van der Waals surface area contributed by atoms with Gasteiger partial charge in [-0.05, 0) is 18.6 Å². The van der Waals surface area contributed by atoms with Crippen LogP contribution in [0, 0.1) is 0 Å². The molecule has 2 rings (SSSR count). The van der Waals surface area contributed by atoms with Crippen molar-refractivity contribution in [3.8, 4) is 0 Å². The van der Waals surface area contributed by atoms with Gasteiger partial charge >= 0.3 is 5.76 Å². The molecular weight excluding hydrogens is 264 g/mol. The minimum Gasteiger partial charge on any atom is -0.391 e. The molecule has 1 saturated heterocycles. The quantitative estimate of drug-likeness (QED) is 0.903. The number of nitrogens with zero attached hydrogens (tertiary/aromatic N) is 1. The Morgan fingerprint density at radius 2 is 2.00 bits per heavy atom. The molecule has 0 aromatic heterocycles. The predicted molar refractivity (Wildman–Crippen MR) is 62.5 cm³/mol. The summed E-state index contributed by atoms with van der Waals surface area (Å²) in [5.74, 6) is -3.44. The van der Waals surface area contributed by atoms with Gasteiger partial charge in [0.05, 0.1) is 16.7 Å². The summed E-state index contributed by atoms with van der Waals surface area (Å²) in [6.45, 7) is 0.715. The van der Waals surface area contributed by atoms with E-state index in [2.05, 4.69) is 0 Å². The van der Waals surface area contributed by atoms with Crippen LogP contribution in [0.2, 0.25) is 0 Å². The Morgan fingerprint density at radius 1 is 1.33 bits per heavy atom. The number of β-amino-alcohol motifs (C(OH)–C–C–N with tert-alkyl or cyclic N) is 1. The van der Waals surface area contributed by atoms with Crippen molar-refractivity contribution in [2.75, 3.05) is 18.0 Å². The highest BCUT2D eigenvalue weighted by Crippen LogP contribution is 2.31. The Labute approximate surface area is 104 Å². The molecule has 100 valence electrons. The third-order valence-electron chi connectivity index (χ3n) is 2.91. The van der Waals surface area contributed by atoms with Crippen LogP contribution < -0.4 is 4.90 Å². The van der Waals surface area contributed by atoms with Gasteiger partial charge < -0.3 is 10.0 Å². The summed E-state index contributed by atoms with van der Waals surface area (Å²) >= 11 is 0. The number of aliphatic hydroxyl groups excluding tert-OH is 1. The molecule has 0 bridgehead atoms. The first-order chi connectivity index (χ1) is 8.43. The largest absolute Gasteiger partial charge is 0.391 e. The molecule has 1 N–H and O–H groups in total. The molecule has 4 nitrogen and oxygen atoms in total. The third kappa shape index (κ3) is 2.32. The molecule has 1 aliphatic rings. The SMILES string of the molecule is O=S(=O)(c1ccccc1N1CC[C@@H](O)C1)C(F)F. The summed E-state index contributed by atoms with van der Waals surface area (Å²) < 4.78 is 48.3. The zero-order valence-electron chi connectivity index (χ0n) is 9.46. The first-order valence-corrected chi connectivity index (χ1v) is 7.01. The molecule has 1 aromatic rings. The minimum absolute atomic E-state index is 0.231. The molecule has 0 aliphatic carbocycles. The standard InChI is InChI=1S/C11H13F2NO3S/c12-11(13)18(16,17)10-4-2-1-3-9(10)14-6-5-8(15)7-14/h1-4,8,11,15H,5-7H2/t8-/m1/s1. The number of sulfone groups is 1. The average molecular weight is 277 g/mol. The number of hydrogen-bond donors (Lipinski definition) is 1. The Kier molecular flexibility index (Phi) is 3.54. The van der Waals surface area contributed by atoms with Gasteiger partial charge in [0.1, 0.15) is 0 Å². The maximum absolute atomic E-state index is 12.6. The predicted octanol–water partition coefficient (Wildman–Crippen LogP) is 1.25. The van der Waals surface area contributed by atoms with Gasteiger partial charge in [-0.3, -0.25) is 0 Å². The van der Waals surface area contributed by atoms with E-state index in [1.807, 2.05) is 0 Å². The summed E-state index contributed by atoms with van der Waals surface area (Å²) in [7, 11) is -4.62. The van der Waals surface area contributed by atoms with Crippen LogP contribution in [-0.4, -0.2) is 38.5 Å². The van der Waals surface area contributed by atoms with Gasteiger partial charge in [0.2, 0.25) is 9.84 Å². The molecule has 1 fully saturated rings. The molecule has 1 atom stereocenters. The highest BCUT2D eigenvalue weighted by Gasteiger charge is 2.32. The Morgan fingerprint density at radius 3 is 2.56 bits per heavy atom. The highest BCUT2D eigenvalue weighted by atomic mass is 32.2. The number of alkyl halides is 2. The number of anilines is 1. The van der Waals surface area contributed by atoms with Crippen molar-refractivity contribution in [1.82, 2.24) is 0 Å². The molecule has 1 aliphatic heterocycles. The van der Waals surface area contributed by atoms with Crippen LogP contribution >= 0.6 is 0 Å². The van der Waals surface area contributed by atoms with Crippen LogP contribution in [0.15, 0.2) is 29.2 Å². The van der Waals surface area contributed by atoms with Gasteiger partial charge in [0.25, 0.3) is 0 Å². The van der Waals surface area contributed by atoms with Crippen molar-refractivity contribution in [2.45, 2.75) is 23.2 Å². The lowest BCUT2D eigenvalue weighted by atomic mass is 10.3.